The summed E-state index contributed by atoms with van der Waals surface area (Å²) in [7, 11) is 5.89. The molecule has 0 saturated carbocycles. The minimum absolute atomic E-state index is 0.0480. The van der Waals surface area contributed by atoms with E-state index in [9.17, 15) is 4.79 Å². The molecule has 164 valence electrons. The zero-order chi connectivity index (χ0) is 21.7. The largest absolute Gasteiger partial charge is 0.497 e. The third-order valence-corrected chi connectivity index (χ3v) is 6.71. The van der Waals surface area contributed by atoms with E-state index in [0.29, 0.717) is 13.2 Å². The molecule has 0 aliphatic carbocycles. The van der Waals surface area contributed by atoms with Crippen LogP contribution in [0.1, 0.15) is 31.2 Å². The van der Waals surface area contributed by atoms with Crippen LogP contribution in [0.3, 0.4) is 0 Å². The van der Waals surface area contributed by atoms with E-state index in [4.69, 9.17) is 22.1 Å². The first-order chi connectivity index (χ1) is 14.3. The summed E-state index contributed by atoms with van der Waals surface area (Å²) in [5, 5.41) is 2.18. The molecule has 0 aromatic heterocycles. The lowest BCUT2D eigenvalue weighted by Gasteiger charge is -2.39. The fourth-order valence-corrected chi connectivity index (χ4v) is 4.42. The van der Waals surface area contributed by atoms with Gasteiger partial charge in [-0.2, -0.15) is 12.6 Å². The molecule has 1 saturated heterocycles. The van der Waals surface area contributed by atoms with Crippen LogP contribution in [0.15, 0.2) is 36.4 Å². The molecular weight excluding hydrogens is 396 g/mol. The Morgan fingerprint density at radius 2 is 1.87 bits per heavy atom. The number of ether oxygens (including phenoxy) is 2. The Bertz CT molecular complexity index is 865. The fourth-order valence-electron chi connectivity index (χ4n) is 3.98. The Morgan fingerprint density at radius 3 is 2.57 bits per heavy atom. The van der Waals surface area contributed by atoms with Crippen molar-refractivity contribution in [2.45, 2.75) is 30.4 Å². The average molecular weight is 431 g/mol. The summed E-state index contributed by atoms with van der Waals surface area (Å²) in [4.78, 5) is 17.1. The van der Waals surface area contributed by atoms with E-state index in [1.54, 1.807) is 7.11 Å². The first-order valence-corrected chi connectivity index (χ1v) is 11.1. The SMILES string of the molecule is COc1ccc2cc([C@H](C)C(=O)OCCN(C)CC3(S)CCN(C)CC3)ccc2c1. The summed E-state index contributed by atoms with van der Waals surface area (Å²) in [5.74, 6) is 0.345. The maximum atomic E-state index is 12.6. The van der Waals surface area contributed by atoms with Crippen LogP contribution in [-0.2, 0) is 9.53 Å². The molecule has 0 spiro atoms. The van der Waals surface area contributed by atoms with E-state index in [1.807, 2.05) is 37.3 Å². The Kier molecular flexibility index (Phi) is 7.66. The van der Waals surface area contributed by atoms with Gasteiger partial charge >= 0.3 is 5.97 Å². The van der Waals surface area contributed by atoms with Gasteiger partial charge in [-0.05, 0) is 75.4 Å². The molecule has 1 aliphatic heterocycles. The van der Waals surface area contributed by atoms with Gasteiger partial charge in [0.1, 0.15) is 12.4 Å². The molecule has 1 fully saturated rings. The van der Waals surface area contributed by atoms with Crippen LogP contribution in [0, 0.1) is 0 Å². The van der Waals surface area contributed by atoms with Gasteiger partial charge in [0, 0.05) is 17.8 Å². The van der Waals surface area contributed by atoms with Gasteiger partial charge in [-0.15, -0.1) is 0 Å². The summed E-state index contributed by atoms with van der Waals surface area (Å²) >= 11 is 4.93. The van der Waals surface area contributed by atoms with Crippen molar-refractivity contribution in [3.8, 4) is 5.75 Å². The third kappa shape index (κ3) is 5.90. The zero-order valence-corrected chi connectivity index (χ0v) is 19.5. The van der Waals surface area contributed by atoms with Gasteiger partial charge in [-0.3, -0.25) is 4.79 Å². The fraction of sp³-hybridized carbons (Fsp3) is 0.542. The van der Waals surface area contributed by atoms with Crippen molar-refractivity contribution < 1.29 is 14.3 Å². The first-order valence-electron chi connectivity index (χ1n) is 10.6. The minimum atomic E-state index is -0.299. The molecule has 0 amide bonds. The van der Waals surface area contributed by atoms with Crippen molar-refractivity contribution in [2.75, 3.05) is 54.0 Å². The van der Waals surface area contributed by atoms with Gasteiger partial charge < -0.3 is 19.3 Å². The van der Waals surface area contributed by atoms with E-state index in [0.717, 1.165) is 54.6 Å². The quantitative estimate of drug-likeness (QED) is 0.509. The normalized spacial score (nSPS) is 17.8. The van der Waals surface area contributed by atoms with E-state index in [-0.39, 0.29) is 16.6 Å². The molecule has 0 radical (unpaired) electrons. The number of carbonyl (C=O) groups excluding carboxylic acids is 1. The zero-order valence-electron chi connectivity index (χ0n) is 18.6. The number of hydrogen-bond acceptors (Lipinski definition) is 6. The topological polar surface area (TPSA) is 42.0 Å². The van der Waals surface area contributed by atoms with E-state index in [2.05, 4.69) is 30.0 Å². The Hall–Kier alpha value is -1.76. The number of nitrogens with zero attached hydrogens (tertiary/aromatic N) is 2. The number of likely N-dealkylation sites (N-methyl/N-ethyl adjacent to an activating group) is 1. The number of hydrogen-bond donors (Lipinski definition) is 1. The van der Waals surface area contributed by atoms with Crippen LogP contribution in [0.25, 0.3) is 10.8 Å². The second-order valence-electron chi connectivity index (χ2n) is 8.63. The number of carbonyl (C=O) groups is 1. The number of piperidine rings is 1. The van der Waals surface area contributed by atoms with Gasteiger partial charge in [0.05, 0.1) is 13.0 Å². The lowest BCUT2D eigenvalue weighted by molar-refractivity contribution is -0.145. The Morgan fingerprint density at radius 1 is 1.20 bits per heavy atom. The van der Waals surface area contributed by atoms with Crippen molar-refractivity contribution in [1.29, 1.82) is 0 Å². The maximum absolute atomic E-state index is 12.6. The molecule has 2 aromatic carbocycles. The molecule has 0 N–H and O–H groups in total. The highest BCUT2D eigenvalue weighted by Gasteiger charge is 2.31. The number of likely N-dealkylation sites (tertiary alicyclic amines) is 1. The molecule has 6 heteroatoms. The average Bonchev–Trinajstić information content (AvgIpc) is 2.74. The molecular formula is C24H34N2O3S. The van der Waals surface area contributed by atoms with Crippen LogP contribution >= 0.6 is 12.6 Å². The minimum Gasteiger partial charge on any atom is -0.497 e. The van der Waals surface area contributed by atoms with Gasteiger partial charge in [0.15, 0.2) is 0 Å². The lowest BCUT2D eigenvalue weighted by Crippen LogP contribution is -2.46. The summed E-state index contributed by atoms with van der Waals surface area (Å²) < 4.78 is 10.9. The van der Waals surface area contributed by atoms with Gasteiger partial charge in [-0.25, -0.2) is 0 Å². The molecule has 1 heterocycles. The van der Waals surface area contributed by atoms with Gasteiger partial charge in [-0.1, -0.05) is 24.3 Å². The van der Waals surface area contributed by atoms with Gasteiger partial charge in [0.25, 0.3) is 0 Å². The van der Waals surface area contributed by atoms with Crippen LogP contribution < -0.4 is 4.74 Å². The number of fused-ring (bicyclic) bond motifs is 1. The maximum Gasteiger partial charge on any atom is 0.313 e. The predicted octanol–water partition coefficient (Wildman–Crippen LogP) is 3.82. The smallest absolute Gasteiger partial charge is 0.313 e. The Balaban J connectivity index is 1.49. The van der Waals surface area contributed by atoms with Crippen LogP contribution in [0.4, 0.5) is 0 Å². The van der Waals surface area contributed by atoms with Crippen molar-refractivity contribution in [3.05, 3.63) is 42.0 Å². The van der Waals surface area contributed by atoms with Crippen molar-refractivity contribution in [1.82, 2.24) is 9.80 Å². The number of methoxy groups -OCH3 is 1. The molecule has 0 unspecified atom stereocenters. The monoisotopic (exact) mass is 430 g/mol. The molecule has 1 atom stereocenters. The first kappa shape index (κ1) is 22.9. The summed E-state index contributed by atoms with van der Waals surface area (Å²) in [6.07, 6.45) is 2.17. The molecule has 2 aromatic rings. The molecule has 30 heavy (non-hydrogen) atoms. The van der Waals surface area contributed by atoms with Crippen molar-refractivity contribution in [2.24, 2.45) is 0 Å². The predicted molar refractivity (Wildman–Crippen MR) is 126 cm³/mol. The summed E-state index contributed by atoms with van der Waals surface area (Å²) in [6, 6.07) is 12.0. The highest BCUT2D eigenvalue weighted by molar-refractivity contribution is 7.81. The highest BCUT2D eigenvalue weighted by Crippen LogP contribution is 2.29. The second kappa shape index (κ2) is 10.0. The van der Waals surface area contributed by atoms with E-state index < -0.39 is 0 Å². The Labute approximate surface area is 185 Å². The van der Waals surface area contributed by atoms with Crippen LogP contribution in [-0.4, -0.2) is 74.5 Å². The van der Waals surface area contributed by atoms with Crippen LogP contribution in [0.2, 0.25) is 0 Å². The number of benzene rings is 2. The summed E-state index contributed by atoms with van der Waals surface area (Å²) in [6.45, 7) is 6.09. The summed E-state index contributed by atoms with van der Waals surface area (Å²) in [5.41, 5.74) is 0.964. The molecule has 0 bridgehead atoms. The van der Waals surface area contributed by atoms with Gasteiger partial charge in [0.2, 0.25) is 0 Å². The second-order valence-corrected chi connectivity index (χ2v) is 9.58. The number of esters is 1. The highest BCUT2D eigenvalue weighted by atomic mass is 32.1. The van der Waals surface area contributed by atoms with Crippen LogP contribution in [0.5, 0.6) is 5.75 Å². The number of rotatable bonds is 8. The molecule has 5 nitrogen and oxygen atoms in total. The van der Waals surface area contributed by atoms with Crippen molar-refractivity contribution in [3.63, 3.8) is 0 Å². The van der Waals surface area contributed by atoms with E-state index in [1.165, 1.54) is 0 Å². The lowest BCUT2D eigenvalue weighted by atomic mass is 9.95. The molecule has 1 aliphatic rings. The third-order valence-electron chi connectivity index (χ3n) is 6.12. The van der Waals surface area contributed by atoms with E-state index >= 15 is 0 Å². The van der Waals surface area contributed by atoms with Crippen molar-refractivity contribution >= 4 is 29.4 Å². The standard InChI is InChI=1S/C24H34N2O3S/c1-18(19-5-6-21-16-22(28-4)8-7-20(21)15-19)23(27)29-14-13-26(3)17-24(30)9-11-25(2)12-10-24/h5-8,15-16,18,30H,9-14,17H2,1-4H3/t18-/m0/s1. The number of thiol groups is 1. The molecule has 3 rings (SSSR count).